The molecule has 1 atom stereocenters. The summed E-state index contributed by atoms with van der Waals surface area (Å²) in [5.74, 6) is 0.217. The zero-order valence-electron chi connectivity index (χ0n) is 11.7. The number of halogens is 1. The summed E-state index contributed by atoms with van der Waals surface area (Å²) >= 11 is 6.06. The van der Waals surface area contributed by atoms with Crippen molar-refractivity contribution in [2.45, 2.75) is 19.8 Å². The van der Waals surface area contributed by atoms with Crippen molar-refractivity contribution in [3.05, 3.63) is 40.4 Å². The molecule has 3 nitrogen and oxygen atoms in total. The first-order chi connectivity index (χ1) is 9.60. The molecule has 1 aromatic rings. The average Bonchev–Trinajstić information content (AvgIpc) is 2.48. The first kappa shape index (κ1) is 15.1. The zero-order valence-corrected chi connectivity index (χ0v) is 12.4. The van der Waals surface area contributed by atoms with E-state index in [4.69, 9.17) is 11.6 Å². The maximum atomic E-state index is 12.1. The van der Waals surface area contributed by atoms with Crippen LogP contribution in [0.15, 0.2) is 24.3 Å². The number of aliphatic hydroxyl groups is 1. The van der Waals surface area contributed by atoms with Crippen molar-refractivity contribution in [1.29, 1.82) is 0 Å². The maximum absolute atomic E-state index is 12.1. The third-order valence-electron chi connectivity index (χ3n) is 3.70. The van der Waals surface area contributed by atoms with Crippen LogP contribution in [0.1, 0.15) is 24.0 Å². The minimum absolute atomic E-state index is 0.000141. The molecule has 108 valence electrons. The lowest BCUT2D eigenvalue weighted by Gasteiger charge is -2.31. The van der Waals surface area contributed by atoms with Gasteiger partial charge in [-0.3, -0.25) is 4.79 Å². The first-order valence-corrected chi connectivity index (χ1v) is 7.32. The molecule has 2 rings (SSSR count). The van der Waals surface area contributed by atoms with Crippen molar-refractivity contribution in [2.24, 2.45) is 5.92 Å². The van der Waals surface area contributed by atoms with E-state index in [9.17, 15) is 9.90 Å². The van der Waals surface area contributed by atoms with E-state index in [0.29, 0.717) is 11.6 Å². The standard InChI is InChI=1S/C16H20ClNO2/c1-12-4-5-13(9-15(12)17)6-7-16(20)18-8-2-3-14(10-18)11-19/h4-7,9,14,19H,2-3,8,10-11H2,1H3/b7-6+. The molecule has 0 aliphatic carbocycles. The molecule has 0 aromatic heterocycles. The number of benzene rings is 1. The van der Waals surface area contributed by atoms with E-state index in [0.717, 1.165) is 30.5 Å². The second-order valence-corrected chi connectivity index (χ2v) is 5.72. The van der Waals surface area contributed by atoms with Crippen LogP contribution in [0, 0.1) is 12.8 Å². The lowest BCUT2D eigenvalue weighted by atomic mass is 9.99. The van der Waals surface area contributed by atoms with E-state index in [1.807, 2.05) is 25.1 Å². The highest BCUT2D eigenvalue weighted by atomic mass is 35.5. The van der Waals surface area contributed by atoms with Crippen molar-refractivity contribution in [1.82, 2.24) is 4.90 Å². The van der Waals surface area contributed by atoms with Crippen molar-refractivity contribution in [3.8, 4) is 0 Å². The summed E-state index contributed by atoms with van der Waals surface area (Å²) in [6.45, 7) is 3.52. The van der Waals surface area contributed by atoms with Gasteiger partial charge >= 0.3 is 0 Å². The molecule has 1 amide bonds. The van der Waals surface area contributed by atoms with Gasteiger partial charge in [0.15, 0.2) is 0 Å². The predicted molar refractivity (Wildman–Crippen MR) is 81.6 cm³/mol. The number of carbonyl (C=O) groups excluding carboxylic acids is 1. The highest BCUT2D eigenvalue weighted by molar-refractivity contribution is 6.31. The van der Waals surface area contributed by atoms with Gasteiger partial charge in [0.25, 0.3) is 0 Å². The molecule has 1 aliphatic rings. The summed E-state index contributed by atoms with van der Waals surface area (Å²) in [5, 5.41) is 9.89. The lowest BCUT2D eigenvalue weighted by molar-refractivity contribution is -0.127. The molecule has 1 aliphatic heterocycles. The fourth-order valence-corrected chi connectivity index (χ4v) is 2.59. The maximum Gasteiger partial charge on any atom is 0.246 e. The molecule has 0 radical (unpaired) electrons. The Bertz CT molecular complexity index is 513. The fraction of sp³-hybridized carbons (Fsp3) is 0.438. The van der Waals surface area contributed by atoms with Gasteiger partial charge in [0.1, 0.15) is 0 Å². The van der Waals surface area contributed by atoms with Gasteiger partial charge in [0.05, 0.1) is 0 Å². The Labute approximate surface area is 124 Å². The predicted octanol–water partition coefficient (Wildman–Crippen LogP) is 2.89. The van der Waals surface area contributed by atoms with Crippen molar-refractivity contribution < 1.29 is 9.90 Å². The smallest absolute Gasteiger partial charge is 0.246 e. The average molecular weight is 294 g/mol. The third kappa shape index (κ3) is 3.84. The number of amides is 1. The topological polar surface area (TPSA) is 40.5 Å². The zero-order chi connectivity index (χ0) is 14.5. The molecule has 1 saturated heterocycles. The molecule has 1 N–H and O–H groups in total. The number of carbonyl (C=O) groups is 1. The van der Waals surface area contributed by atoms with Crippen LogP contribution >= 0.6 is 11.6 Å². The molecule has 1 aromatic carbocycles. The van der Waals surface area contributed by atoms with E-state index < -0.39 is 0 Å². The Balaban J connectivity index is 1.99. The minimum atomic E-state index is -0.000141. The molecule has 1 heterocycles. The molecule has 0 spiro atoms. The van der Waals surface area contributed by atoms with Crippen LogP contribution in [0.25, 0.3) is 6.08 Å². The van der Waals surface area contributed by atoms with Gasteiger partial charge in [-0.1, -0.05) is 23.7 Å². The summed E-state index contributed by atoms with van der Waals surface area (Å²) in [6, 6.07) is 5.74. The number of hydrogen-bond donors (Lipinski definition) is 1. The largest absolute Gasteiger partial charge is 0.396 e. The third-order valence-corrected chi connectivity index (χ3v) is 4.11. The summed E-state index contributed by atoms with van der Waals surface area (Å²) in [7, 11) is 0. The quantitative estimate of drug-likeness (QED) is 0.871. The second kappa shape index (κ2) is 6.91. The van der Waals surface area contributed by atoms with Crippen LogP contribution in [0.4, 0.5) is 0 Å². The van der Waals surface area contributed by atoms with Gasteiger partial charge in [0.2, 0.25) is 5.91 Å². The van der Waals surface area contributed by atoms with Gasteiger partial charge in [0, 0.05) is 30.8 Å². The Morgan fingerprint density at radius 1 is 1.55 bits per heavy atom. The molecule has 4 heteroatoms. The molecule has 0 saturated carbocycles. The number of aliphatic hydroxyl groups excluding tert-OH is 1. The highest BCUT2D eigenvalue weighted by Gasteiger charge is 2.21. The fourth-order valence-electron chi connectivity index (χ4n) is 2.40. The van der Waals surface area contributed by atoms with Gasteiger partial charge in [-0.05, 0) is 49.0 Å². The van der Waals surface area contributed by atoms with E-state index in [1.54, 1.807) is 17.1 Å². The summed E-state index contributed by atoms with van der Waals surface area (Å²) in [4.78, 5) is 13.9. The van der Waals surface area contributed by atoms with Crippen LogP contribution in [0.2, 0.25) is 5.02 Å². The van der Waals surface area contributed by atoms with E-state index in [-0.39, 0.29) is 18.4 Å². The summed E-state index contributed by atoms with van der Waals surface area (Å²) in [6.07, 6.45) is 5.33. The Kier molecular flexibility index (Phi) is 5.21. The highest BCUT2D eigenvalue weighted by Crippen LogP contribution is 2.19. The van der Waals surface area contributed by atoms with Crippen LogP contribution in [-0.2, 0) is 4.79 Å². The summed E-state index contributed by atoms with van der Waals surface area (Å²) < 4.78 is 0. The number of aryl methyl sites for hydroxylation is 1. The van der Waals surface area contributed by atoms with Crippen LogP contribution in [-0.4, -0.2) is 35.6 Å². The van der Waals surface area contributed by atoms with Crippen LogP contribution in [0.5, 0.6) is 0 Å². The number of hydrogen-bond acceptors (Lipinski definition) is 2. The van der Waals surface area contributed by atoms with Crippen molar-refractivity contribution in [3.63, 3.8) is 0 Å². The molecule has 20 heavy (non-hydrogen) atoms. The van der Waals surface area contributed by atoms with E-state index in [2.05, 4.69) is 0 Å². The van der Waals surface area contributed by atoms with Crippen LogP contribution < -0.4 is 0 Å². The summed E-state index contributed by atoms with van der Waals surface area (Å²) in [5.41, 5.74) is 1.95. The Morgan fingerprint density at radius 3 is 3.05 bits per heavy atom. The van der Waals surface area contributed by atoms with Gasteiger partial charge in [-0.2, -0.15) is 0 Å². The van der Waals surface area contributed by atoms with Crippen molar-refractivity contribution in [2.75, 3.05) is 19.7 Å². The number of nitrogens with zero attached hydrogens (tertiary/aromatic N) is 1. The molecular formula is C16H20ClNO2. The van der Waals surface area contributed by atoms with E-state index >= 15 is 0 Å². The van der Waals surface area contributed by atoms with Gasteiger partial charge in [-0.15, -0.1) is 0 Å². The number of piperidine rings is 1. The monoisotopic (exact) mass is 293 g/mol. The SMILES string of the molecule is Cc1ccc(/C=C/C(=O)N2CCCC(CO)C2)cc1Cl. The number of rotatable bonds is 3. The van der Waals surface area contributed by atoms with E-state index in [1.165, 1.54) is 0 Å². The van der Waals surface area contributed by atoms with Crippen molar-refractivity contribution >= 4 is 23.6 Å². The Hall–Kier alpha value is -1.32. The normalized spacial score (nSPS) is 19.6. The number of likely N-dealkylation sites (tertiary alicyclic amines) is 1. The molecular weight excluding hydrogens is 274 g/mol. The van der Waals surface area contributed by atoms with Gasteiger partial charge in [-0.25, -0.2) is 0 Å². The lowest BCUT2D eigenvalue weighted by Crippen LogP contribution is -2.40. The molecule has 1 unspecified atom stereocenters. The van der Waals surface area contributed by atoms with Gasteiger partial charge < -0.3 is 10.0 Å². The Morgan fingerprint density at radius 2 is 2.35 bits per heavy atom. The second-order valence-electron chi connectivity index (χ2n) is 5.32. The minimum Gasteiger partial charge on any atom is -0.396 e. The first-order valence-electron chi connectivity index (χ1n) is 6.94. The van der Waals surface area contributed by atoms with Crippen LogP contribution in [0.3, 0.4) is 0 Å². The molecule has 0 bridgehead atoms. The molecule has 1 fully saturated rings.